The maximum absolute atomic E-state index is 5.42. The summed E-state index contributed by atoms with van der Waals surface area (Å²) in [7, 11) is 1.70. The molecule has 0 fully saturated rings. The Labute approximate surface area is 139 Å². The monoisotopic (exact) mass is 315 g/mol. The number of nitrogens with zero attached hydrogens (tertiary/aromatic N) is 2. The van der Waals surface area contributed by atoms with Crippen LogP contribution in [-0.4, -0.2) is 42.2 Å². The standard InChI is InChI=1S/C19H29N3O/c1-6-22(7-2)15(4)11-14(3)21-18-13-17(23-5)12-16-9-8-10-20-19(16)18/h8-10,12-15,21H,6-7,11H2,1-5H3. The zero-order valence-electron chi connectivity index (χ0n) is 15.0. The van der Waals surface area contributed by atoms with Gasteiger partial charge in [0.15, 0.2) is 0 Å². The average molecular weight is 315 g/mol. The van der Waals surface area contributed by atoms with Crippen LogP contribution in [0.5, 0.6) is 5.75 Å². The molecular formula is C19H29N3O. The number of anilines is 1. The third kappa shape index (κ3) is 4.35. The van der Waals surface area contributed by atoms with E-state index in [0.29, 0.717) is 12.1 Å². The first kappa shape index (κ1) is 17.5. The van der Waals surface area contributed by atoms with Crippen molar-refractivity contribution in [3.63, 3.8) is 0 Å². The van der Waals surface area contributed by atoms with Crippen molar-refractivity contribution in [3.8, 4) is 5.75 Å². The fourth-order valence-electron chi connectivity index (χ4n) is 3.22. The van der Waals surface area contributed by atoms with Gasteiger partial charge in [0.2, 0.25) is 0 Å². The number of ether oxygens (including phenoxy) is 1. The summed E-state index contributed by atoms with van der Waals surface area (Å²) in [5.74, 6) is 0.858. The van der Waals surface area contributed by atoms with Crippen molar-refractivity contribution in [1.29, 1.82) is 0 Å². The van der Waals surface area contributed by atoms with E-state index in [1.54, 1.807) is 7.11 Å². The van der Waals surface area contributed by atoms with E-state index in [4.69, 9.17) is 4.74 Å². The van der Waals surface area contributed by atoms with Crippen LogP contribution < -0.4 is 10.1 Å². The number of nitrogens with one attached hydrogen (secondary N) is 1. The summed E-state index contributed by atoms with van der Waals surface area (Å²) in [6.07, 6.45) is 2.93. The fraction of sp³-hybridized carbons (Fsp3) is 0.526. The molecule has 0 saturated carbocycles. The minimum absolute atomic E-state index is 0.364. The molecule has 0 amide bonds. The second kappa shape index (κ2) is 8.16. The molecule has 23 heavy (non-hydrogen) atoms. The first-order chi connectivity index (χ1) is 11.1. The van der Waals surface area contributed by atoms with Crippen LogP contribution in [0.15, 0.2) is 30.5 Å². The summed E-state index contributed by atoms with van der Waals surface area (Å²) < 4.78 is 5.42. The fourth-order valence-corrected chi connectivity index (χ4v) is 3.22. The summed E-state index contributed by atoms with van der Waals surface area (Å²) in [5, 5.41) is 4.72. The van der Waals surface area contributed by atoms with E-state index in [0.717, 1.165) is 41.9 Å². The van der Waals surface area contributed by atoms with Gasteiger partial charge in [-0.1, -0.05) is 19.9 Å². The lowest BCUT2D eigenvalue weighted by molar-refractivity contribution is 0.216. The third-order valence-corrected chi connectivity index (χ3v) is 4.45. The maximum Gasteiger partial charge on any atom is 0.121 e. The number of pyridine rings is 1. The number of benzene rings is 1. The SMILES string of the molecule is CCN(CC)C(C)CC(C)Nc1cc(OC)cc2cccnc12. The molecule has 0 aliphatic carbocycles. The number of fused-ring (bicyclic) bond motifs is 1. The molecule has 1 aromatic carbocycles. The van der Waals surface area contributed by atoms with Gasteiger partial charge in [0.05, 0.1) is 18.3 Å². The highest BCUT2D eigenvalue weighted by Gasteiger charge is 2.15. The average Bonchev–Trinajstić information content (AvgIpc) is 2.55. The predicted molar refractivity (Wildman–Crippen MR) is 98.4 cm³/mol. The van der Waals surface area contributed by atoms with Crippen molar-refractivity contribution in [2.24, 2.45) is 0 Å². The molecule has 0 bridgehead atoms. The molecule has 0 radical (unpaired) electrons. The molecule has 126 valence electrons. The number of hydrogen-bond donors (Lipinski definition) is 1. The predicted octanol–water partition coefficient (Wildman–Crippen LogP) is 4.16. The van der Waals surface area contributed by atoms with E-state index in [1.165, 1.54) is 0 Å². The van der Waals surface area contributed by atoms with Crippen LogP contribution in [0.4, 0.5) is 5.69 Å². The molecule has 4 heteroatoms. The first-order valence-corrected chi connectivity index (χ1v) is 8.52. The molecule has 0 aliphatic rings. The van der Waals surface area contributed by atoms with Crippen LogP contribution in [-0.2, 0) is 0 Å². The van der Waals surface area contributed by atoms with Gasteiger partial charge in [-0.25, -0.2) is 0 Å². The molecule has 2 rings (SSSR count). The second-order valence-corrected chi connectivity index (χ2v) is 6.10. The van der Waals surface area contributed by atoms with Crippen LogP contribution in [0.1, 0.15) is 34.1 Å². The van der Waals surface area contributed by atoms with E-state index >= 15 is 0 Å². The Bertz CT molecular complexity index is 625. The smallest absolute Gasteiger partial charge is 0.121 e. The summed E-state index contributed by atoms with van der Waals surface area (Å²) in [5.41, 5.74) is 2.04. The van der Waals surface area contributed by atoms with Crippen molar-refractivity contribution in [2.75, 3.05) is 25.5 Å². The van der Waals surface area contributed by atoms with Crippen LogP contribution in [0.25, 0.3) is 10.9 Å². The van der Waals surface area contributed by atoms with Gasteiger partial charge >= 0.3 is 0 Å². The van der Waals surface area contributed by atoms with Gasteiger partial charge in [0.25, 0.3) is 0 Å². The molecule has 1 heterocycles. The second-order valence-electron chi connectivity index (χ2n) is 6.10. The minimum atomic E-state index is 0.364. The lowest BCUT2D eigenvalue weighted by atomic mass is 10.1. The van der Waals surface area contributed by atoms with Crippen molar-refractivity contribution < 1.29 is 4.74 Å². The summed E-state index contributed by atoms with van der Waals surface area (Å²) in [6.45, 7) is 11.2. The number of rotatable bonds is 8. The summed E-state index contributed by atoms with van der Waals surface area (Å²) in [6, 6.07) is 9.00. The highest BCUT2D eigenvalue weighted by atomic mass is 16.5. The lowest BCUT2D eigenvalue weighted by Crippen LogP contribution is -2.36. The molecule has 2 atom stereocenters. The molecule has 0 aliphatic heterocycles. The van der Waals surface area contributed by atoms with Crippen molar-refractivity contribution in [3.05, 3.63) is 30.5 Å². The highest BCUT2D eigenvalue weighted by Crippen LogP contribution is 2.28. The van der Waals surface area contributed by atoms with E-state index < -0.39 is 0 Å². The van der Waals surface area contributed by atoms with Crippen LogP contribution >= 0.6 is 0 Å². The quantitative estimate of drug-likeness (QED) is 0.793. The molecule has 2 aromatic rings. The third-order valence-electron chi connectivity index (χ3n) is 4.45. The summed E-state index contributed by atoms with van der Waals surface area (Å²) in [4.78, 5) is 7.01. The normalized spacial score (nSPS) is 14.0. The molecule has 0 spiro atoms. The van der Waals surface area contributed by atoms with Gasteiger partial charge in [0, 0.05) is 29.7 Å². The number of methoxy groups -OCH3 is 1. The van der Waals surface area contributed by atoms with E-state index in [-0.39, 0.29) is 0 Å². The van der Waals surface area contributed by atoms with Gasteiger partial charge < -0.3 is 15.0 Å². The molecule has 1 N–H and O–H groups in total. The van der Waals surface area contributed by atoms with Crippen LogP contribution in [0, 0.1) is 0 Å². The molecule has 4 nitrogen and oxygen atoms in total. The Hall–Kier alpha value is -1.81. The number of hydrogen-bond acceptors (Lipinski definition) is 4. The molecule has 0 saturated heterocycles. The topological polar surface area (TPSA) is 37.4 Å². The Morgan fingerprint density at radius 1 is 1.22 bits per heavy atom. The Kier molecular flexibility index (Phi) is 6.22. The Morgan fingerprint density at radius 3 is 2.61 bits per heavy atom. The van der Waals surface area contributed by atoms with Gasteiger partial charge in [-0.05, 0) is 45.5 Å². The van der Waals surface area contributed by atoms with Crippen molar-refractivity contribution >= 4 is 16.6 Å². The highest BCUT2D eigenvalue weighted by molar-refractivity contribution is 5.91. The van der Waals surface area contributed by atoms with Gasteiger partial charge in [-0.2, -0.15) is 0 Å². The molecular weight excluding hydrogens is 286 g/mol. The van der Waals surface area contributed by atoms with E-state index in [2.05, 4.69) is 49.0 Å². The van der Waals surface area contributed by atoms with Crippen molar-refractivity contribution in [1.82, 2.24) is 9.88 Å². The minimum Gasteiger partial charge on any atom is -0.497 e. The Balaban J connectivity index is 2.17. The molecule has 2 unspecified atom stereocenters. The zero-order valence-corrected chi connectivity index (χ0v) is 15.0. The number of aromatic nitrogens is 1. The summed E-state index contributed by atoms with van der Waals surface area (Å²) >= 11 is 0. The largest absolute Gasteiger partial charge is 0.497 e. The van der Waals surface area contributed by atoms with Crippen molar-refractivity contribution in [2.45, 2.75) is 46.2 Å². The van der Waals surface area contributed by atoms with Gasteiger partial charge in [-0.15, -0.1) is 0 Å². The zero-order chi connectivity index (χ0) is 16.8. The Morgan fingerprint density at radius 2 is 1.96 bits per heavy atom. The van der Waals surface area contributed by atoms with E-state index in [1.807, 2.05) is 24.4 Å². The lowest BCUT2D eigenvalue weighted by Gasteiger charge is -2.29. The van der Waals surface area contributed by atoms with Crippen LogP contribution in [0.2, 0.25) is 0 Å². The maximum atomic E-state index is 5.42. The van der Waals surface area contributed by atoms with E-state index in [9.17, 15) is 0 Å². The first-order valence-electron chi connectivity index (χ1n) is 8.52. The van der Waals surface area contributed by atoms with Gasteiger partial charge in [0.1, 0.15) is 5.75 Å². The van der Waals surface area contributed by atoms with Crippen LogP contribution in [0.3, 0.4) is 0 Å². The molecule has 1 aromatic heterocycles. The van der Waals surface area contributed by atoms with Gasteiger partial charge in [-0.3, -0.25) is 4.98 Å².